The Morgan fingerprint density at radius 2 is 2.04 bits per heavy atom. The predicted octanol–water partition coefficient (Wildman–Crippen LogP) is 2.54. The number of amides is 2. The molecule has 2 aliphatic heterocycles. The monoisotopic (exact) mass is 380 g/mol. The fourth-order valence-electron chi connectivity index (χ4n) is 2.78. The van der Waals surface area contributed by atoms with Crippen LogP contribution in [0.2, 0.25) is 0 Å². The molecule has 0 atom stereocenters. The number of carbonyl (C=O) groups is 2. The van der Waals surface area contributed by atoms with Gasteiger partial charge in [-0.3, -0.25) is 9.59 Å². The second-order valence-corrected chi connectivity index (χ2v) is 6.34. The van der Waals surface area contributed by atoms with Crippen molar-refractivity contribution in [2.45, 2.75) is 12.8 Å². The molecule has 1 fully saturated rings. The quantitative estimate of drug-likeness (QED) is 0.818. The summed E-state index contributed by atoms with van der Waals surface area (Å²) in [6.07, 6.45) is 2.61. The van der Waals surface area contributed by atoms with Crippen molar-refractivity contribution in [1.82, 2.24) is 4.90 Å². The molecule has 0 unspecified atom stereocenters. The van der Waals surface area contributed by atoms with Crippen molar-refractivity contribution in [3.05, 3.63) is 29.3 Å². The van der Waals surface area contributed by atoms with Gasteiger partial charge in [0.2, 0.25) is 18.6 Å². The minimum Gasteiger partial charge on any atom is -0.453 e. The van der Waals surface area contributed by atoms with Crippen molar-refractivity contribution in [2.75, 3.05) is 25.2 Å². The predicted molar refractivity (Wildman–Crippen MR) is 88.4 cm³/mol. The second-order valence-electron chi connectivity index (χ2n) is 5.48. The highest BCUT2D eigenvalue weighted by Crippen LogP contribution is 2.41. The molecule has 2 amide bonds. The third-order valence-electron chi connectivity index (χ3n) is 4.05. The average molecular weight is 381 g/mol. The van der Waals surface area contributed by atoms with Crippen LogP contribution in [-0.2, 0) is 9.59 Å². The fourth-order valence-corrected chi connectivity index (χ4v) is 3.33. The van der Waals surface area contributed by atoms with E-state index in [1.165, 1.54) is 6.08 Å². The Balaban J connectivity index is 1.61. The molecule has 2 heterocycles. The minimum atomic E-state index is -0.104. The number of benzene rings is 1. The number of piperidine rings is 1. The number of nitrogens with zero attached hydrogens (tertiary/aromatic N) is 1. The summed E-state index contributed by atoms with van der Waals surface area (Å²) in [5.74, 6) is 1.04. The molecule has 1 aromatic rings. The number of hydrogen-bond donors (Lipinski definition) is 1. The number of hydrogen-bond acceptors (Lipinski definition) is 4. The highest BCUT2D eigenvalue weighted by atomic mass is 79.9. The smallest absolute Gasteiger partial charge is 0.245 e. The molecule has 0 bridgehead atoms. The summed E-state index contributed by atoms with van der Waals surface area (Å²) in [6, 6.07) is 3.54. The molecule has 3 rings (SSSR count). The highest BCUT2D eigenvalue weighted by molar-refractivity contribution is 9.10. The van der Waals surface area contributed by atoms with Crippen LogP contribution in [0.25, 0.3) is 0 Å². The molecule has 23 heavy (non-hydrogen) atoms. The number of halogens is 1. The lowest BCUT2D eigenvalue weighted by molar-refractivity contribution is -0.130. The van der Waals surface area contributed by atoms with Crippen LogP contribution >= 0.6 is 15.9 Å². The number of ether oxygens (including phenoxy) is 2. The van der Waals surface area contributed by atoms with Crippen LogP contribution in [0.15, 0.2) is 29.3 Å². The number of rotatable bonds is 3. The average Bonchev–Trinajstić information content (AvgIpc) is 3.03. The third kappa shape index (κ3) is 3.34. The van der Waals surface area contributed by atoms with Crippen LogP contribution in [0.5, 0.6) is 11.5 Å². The van der Waals surface area contributed by atoms with E-state index in [2.05, 4.69) is 27.8 Å². The molecular weight excluding hydrogens is 364 g/mol. The highest BCUT2D eigenvalue weighted by Gasteiger charge is 2.27. The van der Waals surface area contributed by atoms with Gasteiger partial charge in [-0.25, -0.2) is 0 Å². The first-order valence-corrected chi connectivity index (χ1v) is 8.19. The van der Waals surface area contributed by atoms with Crippen molar-refractivity contribution < 1.29 is 19.1 Å². The van der Waals surface area contributed by atoms with Gasteiger partial charge in [0.1, 0.15) is 0 Å². The summed E-state index contributed by atoms with van der Waals surface area (Å²) in [5.41, 5.74) is 0.663. The first-order chi connectivity index (χ1) is 11.1. The van der Waals surface area contributed by atoms with Crippen LogP contribution in [0.4, 0.5) is 5.69 Å². The van der Waals surface area contributed by atoms with Crippen molar-refractivity contribution in [2.24, 2.45) is 5.92 Å². The first-order valence-electron chi connectivity index (χ1n) is 7.40. The molecule has 0 spiro atoms. The van der Waals surface area contributed by atoms with Gasteiger partial charge in [0, 0.05) is 30.8 Å². The van der Waals surface area contributed by atoms with E-state index in [0.717, 1.165) is 4.47 Å². The van der Waals surface area contributed by atoms with E-state index in [1.54, 1.807) is 17.0 Å². The van der Waals surface area contributed by atoms with E-state index in [1.807, 2.05) is 0 Å². The van der Waals surface area contributed by atoms with E-state index in [4.69, 9.17) is 9.47 Å². The molecule has 7 heteroatoms. The number of nitrogens with one attached hydrogen (secondary N) is 1. The van der Waals surface area contributed by atoms with E-state index < -0.39 is 0 Å². The molecule has 0 saturated carbocycles. The van der Waals surface area contributed by atoms with Crippen LogP contribution in [0, 0.1) is 5.92 Å². The van der Waals surface area contributed by atoms with Crippen LogP contribution in [0.3, 0.4) is 0 Å². The second kappa shape index (κ2) is 6.62. The fraction of sp³-hybridized carbons (Fsp3) is 0.375. The van der Waals surface area contributed by atoms with E-state index in [9.17, 15) is 9.59 Å². The van der Waals surface area contributed by atoms with Gasteiger partial charge < -0.3 is 19.7 Å². The van der Waals surface area contributed by atoms with Crippen molar-refractivity contribution in [1.29, 1.82) is 0 Å². The maximum atomic E-state index is 12.4. The normalized spacial score (nSPS) is 17.0. The molecule has 122 valence electrons. The SMILES string of the molecule is C=CC(=O)N1CCC(C(=O)Nc2cc(Br)c3c(c2)OCO3)CC1. The largest absolute Gasteiger partial charge is 0.453 e. The lowest BCUT2D eigenvalue weighted by Gasteiger charge is -2.30. The molecule has 2 aliphatic rings. The van der Waals surface area contributed by atoms with Gasteiger partial charge in [0.15, 0.2) is 11.5 Å². The molecule has 1 aromatic carbocycles. The van der Waals surface area contributed by atoms with E-state index in [-0.39, 0.29) is 24.5 Å². The van der Waals surface area contributed by atoms with Crippen LogP contribution < -0.4 is 14.8 Å². The van der Waals surface area contributed by atoms with Gasteiger partial charge in [0.25, 0.3) is 0 Å². The molecule has 0 aromatic heterocycles. The van der Waals surface area contributed by atoms with Crippen molar-refractivity contribution in [3.8, 4) is 11.5 Å². The summed E-state index contributed by atoms with van der Waals surface area (Å²) in [7, 11) is 0. The number of carbonyl (C=O) groups excluding carboxylic acids is 2. The van der Waals surface area contributed by atoms with Crippen molar-refractivity contribution >= 4 is 33.4 Å². The zero-order valence-electron chi connectivity index (χ0n) is 12.5. The first kappa shape index (κ1) is 15.9. The van der Waals surface area contributed by atoms with Gasteiger partial charge in [-0.1, -0.05) is 6.58 Å². The summed E-state index contributed by atoms with van der Waals surface area (Å²) in [5, 5.41) is 2.91. The van der Waals surface area contributed by atoms with Gasteiger partial charge in [-0.2, -0.15) is 0 Å². The topological polar surface area (TPSA) is 67.9 Å². The Kier molecular flexibility index (Phi) is 4.56. The molecule has 1 N–H and O–H groups in total. The van der Waals surface area contributed by atoms with E-state index >= 15 is 0 Å². The summed E-state index contributed by atoms with van der Waals surface area (Å²) >= 11 is 3.41. The maximum absolute atomic E-state index is 12.4. The van der Waals surface area contributed by atoms with Gasteiger partial charge >= 0.3 is 0 Å². The van der Waals surface area contributed by atoms with Crippen LogP contribution in [-0.4, -0.2) is 36.6 Å². The maximum Gasteiger partial charge on any atom is 0.245 e. The summed E-state index contributed by atoms with van der Waals surface area (Å²) in [6.45, 7) is 4.82. The number of likely N-dealkylation sites (tertiary alicyclic amines) is 1. The molecule has 0 radical (unpaired) electrons. The standard InChI is InChI=1S/C16H17BrN2O4/c1-2-14(20)19-5-3-10(4-6-19)16(21)18-11-7-12(17)15-13(8-11)22-9-23-15/h2,7-8,10H,1,3-6,9H2,(H,18,21). The Hall–Kier alpha value is -2.02. The van der Waals surface area contributed by atoms with Crippen LogP contribution in [0.1, 0.15) is 12.8 Å². The Labute approximate surface area is 142 Å². The summed E-state index contributed by atoms with van der Waals surface area (Å²) in [4.78, 5) is 25.7. The van der Waals surface area contributed by atoms with Gasteiger partial charge in [0.05, 0.1) is 4.47 Å². The Bertz CT molecular complexity index is 654. The lowest BCUT2D eigenvalue weighted by Crippen LogP contribution is -2.40. The molecular formula is C16H17BrN2O4. The molecule has 6 nitrogen and oxygen atoms in total. The lowest BCUT2D eigenvalue weighted by atomic mass is 9.95. The zero-order chi connectivity index (χ0) is 16.4. The van der Waals surface area contributed by atoms with Gasteiger partial charge in [-0.15, -0.1) is 0 Å². The third-order valence-corrected chi connectivity index (χ3v) is 4.64. The Morgan fingerprint density at radius 1 is 1.30 bits per heavy atom. The summed E-state index contributed by atoms with van der Waals surface area (Å²) < 4.78 is 11.4. The number of anilines is 1. The van der Waals surface area contributed by atoms with Crippen molar-refractivity contribution in [3.63, 3.8) is 0 Å². The Morgan fingerprint density at radius 3 is 2.74 bits per heavy atom. The van der Waals surface area contributed by atoms with Gasteiger partial charge in [-0.05, 0) is 40.9 Å². The zero-order valence-corrected chi connectivity index (χ0v) is 14.1. The van der Waals surface area contributed by atoms with E-state index in [0.29, 0.717) is 43.1 Å². The molecule has 0 aliphatic carbocycles. The number of fused-ring (bicyclic) bond motifs is 1. The molecule has 1 saturated heterocycles. The minimum absolute atomic E-state index is 0.0403.